The van der Waals surface area contributed by atoms with Crippen LogP contribution in [0, 0.1) is 0 Å². The molecule has 1 aromatic heterocycles. The van der Waals surface area contributed by atoms with E-state index in [1.54, 1.807) is 36.5 Å². The monoisotopic (exact) mass is 362 g/mol. The van der Waals surface area contributed by atoms with Crippen molar-refractivity contribution in [2.45, 2.75) is 6.04 Å². The molecule has 1 N–H and O–H groups in total. The average Bonchev–Trinajstić information content (AvgIpc) is 2.51. The lowest BCUT2D eigenvalue weighted by Crippen LogP contribution is -2.57. The largest absolute Gasteiger partial charge is 0.497 e. The summed E-state index contributed by atoms with van der Waals surface area (Å²) >= 11 is 3.41. The number of methoxy groups -OCH3 is 1. The van der Waals surface area contributed by atoms with Gasteiger partial charge in [-0.15, -0.1) is 0 Å². The fourth-order valence-corrected chi connectivity index (χ4v) is 2.67. The Kier molecular flexibility index (Phi) is 4.24. The summed E-state index contributed by atoms with van der Waals surface area (Å²) in [7, 11) is 1.58. The first-order valence-corrected chi connectivity index (χ1v) is 7.63. The van der Waals surface area contributed by atoms with Crippen molar-refractivity contribution in [2.75, 3.05) is 25.5 Å². The fraction of sp³-hybridized carbons (Fsp3) is 0.267. The summed E-state index contributed by atoms with van der Waals surface area (Å²) in [6.45, 7) is 1.25. The lowest BCUT2D eigenvalue weighted by molar-refractivity contribution is 0.0623. The lowest BCUT2D eigenvalue weighted by atomic mass is 10.1. The van der Waals surface area contributed by atoms with Crippen LogP contribution >= 0.6 is 15.9 Å². The molecular formula is C15H15BrN4O2. The Morgan fingerprint density at radius 1 is 1.36 bits per heavy atom. The minimum Gasteiger partial charge on any atom is -0.497 e. The Labute approximate surface area is 136 Å². The third-order valence-electron chi connectivity index (χ3n) is 3.47. The summed E-state index contributed by atoms with van der Waals surface area (Å²) in [6, 6.07) is 7.32. The van der Waals surface area contributed by atoms with Gasteiger partial charge >= 0.3 is 0 Å². The number of carbonyl (C=O) groups is 1. The summed E-state index contributed by atoms with van der Waals surface area (Å²) < 4.78 is 5.94. The molecule has 1 aromatic carbocycles. The van der Waals surface area contributed by atoms with E-state index < -0.39 is 0 Å². The molecular weight excluding hydrogens is 348 g/mol. The Balaban J connectivity index is 1.62. The molecule has 1 aliphatic heterocycles. The van der Waals surface area contributed by atoms with Crippen molar-refractivity contribution in [1.82, 2.24) is 14.9 Å². The Morgan fingerprint density at radius 2 is 2.09 bits per heavy atom. The molecule has 2 heterocycles. The van der Waals surface area contributed by atoms with E-state index in [1.807, 2.05) is 12.1 Å². The van der Waals surface area contributed by atoms with E-state index in [0.29, 0.717) is 30.4 Å². The van der Waals surface area contributed by atoms with Crippen LogP contribution in [0.4, 0.5) is 5.95 Å². The molecule has 0 atom stereocenters. The summed E-state index contributed by atoms with van der Waals surface area (Å²) in [5, 5.41) is 3.20. The van der Waals surface area contributed by atoms with Crippen molar-refractivity contribution in [1.29, 1.82) is 0 Å². The highest BCUT2D eigenvalue weighted by molar-refractivity contribution is 9.10. The molecule has 1 saturated heterocycles. The van der Waals surface area contributed by atoms with E-state index in [1.165, 1.54) is 0 Å². The lowest BCUT2D eigenvalue weighted by Gasteiger charge is -2.39. The van der Waals surface area contributed by atoms with Gasteiger partial charge in [0, 0.05) is 30.0 Å². The first-order valence-electron chi connectivity index (χ1n) is 6.84. The second kappa shape index (κ2) is 6.31. The highest BCUT2D eigenvalue weighted by Gasteiger charge is 2.32. The number of carbonyl (C=O) groups excluding carboxylic acids is 1. The predicted octanol–water partition coefficient (Wildman–Crippen LogP) is 2.18. The molecule has 0 unspecified atom stereocenters. The molecule has 6 nitrogen and oxygen atoms in total. The number of rotatable bonds is 4. The Bertz CT molecular complexity index is 674. The molecule has 0 aliphatic carbocycles. The second-order valence-corrected chi connectivity index (χ2v) is 5.82. The highest BCUT2D eigenvalue weighted by Crippen LogP contribution is 2.25. The maximum Gasteiger partial charge on any atom is 0.255 e. The third kappa shape index (κ3) is 3.04. The van der Waals surface area contributed by atoms with Gasteiger partial charge in [-0.05, 0) is 40.2 Å². The maximum absolute atomic E-state index is 12.5. The topological polar surface area (TPSA) is 67.3 Å². The molecule has 0 radical (unpaired) electrons. The number of anilines is 1. The van der Waals surface area contributed by atoms with Gasteiger partial charge in [-0.3, -0.25) is 4.79 Å². The average molecular weight is 363 g/mol. The van der Waals surface area contributed by atoms with Crippen molar-refractivity contribution in [2.24, 2.45) is 0 Å². The van der Waals surface area contributed by atoms with Crippen LogP contribution in [-0.4, -0.2) is 47.0 Å². The summed E-state index contributed by atoms with van der Waals surface area (Å²) in [4.78, 5) is 22.5. The zero-order valence-corrected chi connectivity index (χ0v) is 13.6. The number of amides is 1. The molecule has 0 saturated carbocycles. The first-order chi connectivity index (χ1) is 10.7. The number of halogens is 1. The Morgan fingerprint density at radius 3 is 2.77 bits per heavy atom. The van der Waals surface area contributed by atoms with Crippen LogP contribution in [0.5, 0.6) is 5.75 Å². The summed E-state index contributed by atoms with van der Waals surface area (Å²) in [5.74, 6) is 1.24. The molecule has 1 fully saturated rings. The summed E-state index contributed by atoms with van der Waals surface area (Å²) in [5.41, 5.74) is 0.605. The van der Waals surface area contributed by atoms with Crippen LogP contribution in [-0.2, 0) is 0 Å². The zero-order valence-electron chi connectivity index (χ0n) is 12.0. The van der Waals surface area contributed by atoms with Crippen LogP contribution in [0.2, 0.25) is 0 Å². The van der Waals surface area contributed by atoms with Crippen LogP contribution in [0.1, 0.15) is 10.4 Å². The smallest absolute Gasteiger partial charge is 0.255 e. The SMILES string of the molecule is COc1ccc(Br)c(C(=O)N2CC(Nc3ncccn3)C2)c1. The van der Waals surface area contributed by atoms with Crippen LogP contribution in [0.15, 0.2) is 41.1 Å². The molecule has 114 valence electrons. The number of likely N-dealkylation sites (tertiary alicyclic amines) is 1. The van der Waals surface area contributed by atoms with Crippen molar-refractivity contribution in [3.05, 3.63) is 46.7 Å². The quantitative estimate of drug-likeness (QED) is 0.902. The molecule has 22 heavy (non-hydrogen) atoms. The zero-order chi connectivity index (χ0) is 15.5. The van der Waals surface area contributed by atoms with Crippen LogP contribution in [0.3, 0.4) is 0 Å². The van der Waals surface area contributed by atoms with Gasteiger partial charge in [-0.2, -0.15) is 0 Å². The second-order valence-electron chi connectivity index (χ2n) is 4.97. The maximum atomic E-state index is 12.5. The molecule has 7 heteroatoms. The molecule has 1 aliphatic rings. The predicted molar refractivity (Wildman–Crippen MR) is 86.0 cm³/mol. The minimum atomic E-state index is -0.0159. The standard InChI is InChI=1S/C15H15BrN4O2/c1-22-11-3-4-13(16)12(7-11)14(21)20-8-10(9-20)19-15-17-5-2-6-18-15/h2-7,10H,8-9H2,1H3,(H,17,18,19). The van der Waals surface area contributed by atoms with Crippen LogP contribution < -0.4 is 10.1 Å². The van der Waals surface area contributed by atoms with Gasteiger partial charge in [0.2, 0.25) is 5.95 Å². The van der Waals surface area contributed by atoms with E-state index in [-0.39, 0.29) is 11.9 Å². The van der Waals surface area contributed by atoms with Crippen molar-refractivity contribution >= 4 is 27.8 Å². The fourth-order valence-electron chi connectivity index (χ4n) is 2.26. The van der Waals surface area contributed by atoms with Gasteiger partial charge < -0.3 is 15.0 Å². The van der Waals surface area contributed by atoms with Crippen molar-refractivity contribution in [3.8, 4) is 5.75 Å². The van der Waals surface area contributed by atoms with Gasteiger partial charge in [0.05, 0.1) is 18.7 Å². The van der Waals surface area contributed by atoms with E-state index in [4.69, 9.17) is 4.74 Å². The third-order valence-corrected chi connectivity index (χ3v) is 4.16. The van der Waals surface area contributed by atoms with E-state index in [2.05, 4.69) is 31.2 Å². The highest BCUT2D eigenvalue weighted by atomic mass is 79.9. The molecule has 0 bridgehead atoms. The molecule has 2 aromatic rings. The van der Waals surface area contributed by atoms with Gasteiger partial charge in [0.25, 0.3) is 5.91 Å². The van der Waals surface area contributed by atoms with Gasteiger partial charge in [0.1, 0.15) is 5.75 Å². The van der Waals surface area contributed by atoms with Crippen LogP contribution in [0.25, 0.3) is 0 Å². The van der Waals surface area contributed by atoms with Gasteiger partial charge in [-0.25, -0.2) is 9.97 Å². The van der Waals surface area contributed by atoms with Gasteiger partial charge in [-0.1, -0.05) is 0 Å². The first kappa shape index (κ1) is 14.8. The summed E-state index contributed by atoms with van der Waals surface area (Å²) in [6.07, 6.45) is 3.37. The van der Waals surface area contributed by atoms with E-state index in [0.717, 1.165) is 4.47 Å². The number of benzene rings is 1. The Hall–Kier alpha value is -2.15. The van der Waals surface area contributed by atoms with E-state index >= 15 is 0 Å². The number of hydrogen-bond acceptors (Lipinski definition) is 5. The minimum absolute atomic E-state index is 0.0159. The van der Waals surface area contributed by atoms with Gasteiger partial charge in [0.15, 0.2) is 0 Å². The number of nitrogens with zero attached hydrogens (tertiary/aromatic N) is 3. The normalized spacial score (nSPS) is 14.4. The van der Waals surface area contributed by atoms with Crippen molar-refractivity contribution < 1.29 is 9.53 Å². The number of hydrogen-bond donors (Lipinski definition) is 1. The van der Waals surface area contributed by atoms with Crippen molar-refractivity contribution in [3.63, 3.8) is 0 Å². The molecule has 1 amide bonds. The number of ether oxygens (including phenoxy) is 1. The number of aromatic nitrogens is 2. The molecule has 3 rings (SSSR count). The molecule has 0 spiro atoms. The number of nitrogens with one attached hydrogen (secondary N) is 1. The van der Waals surface area contributed by atoms with E-state index in [9.17, 15) is 4.79 Å².